The summed E-state index contributed by atoms with van der Waals surface area (Å²) in [5, 5.41) is 12.5. The van der Waals surface area contributed by atoms with Gasteiger partial charge in [-0.05, 0) is 57.0 Å². The monoisotopic (exact) mass is 493 g/mol. The zero-order chi connectivity index (χ0) is 25.1. The highest BCUT2D eigenvalue weighted by Crippen LogP contribution is 2.32. The molecular weight excluding hydrogens is 466 g/mol. The molecule has 0 aliphatic carbocycles. The van der Waals surface area contributed by atoms with Gasteiger partial charge in [-0.1, -0.05) is 35.0 Å². The lowest BCUT2D eigenvalue weighted by Gasteiger charge is -2.22. The van der Waals surface area contributed by atoms with E-state index < -0.39 is 6.10 Å². The molecule has 1 amide bonds. The van der Waals surface area contributed by atoms with E-state index in [1.807, 2.05) is 57.2 Å². The van der Waals surface area contributed by atoms with Crippen LogP contribution in [-0.2, 0) is 16.1 Å². The number of para-hydroxylation sites is 1. The van der Waals surface area contributed by atoms with E-state index in [-0.39, 0.29) is 18.6 Å². The molecule has 0 saturated heterocycles. The topological polar surface area (TPSA) is 91.2 Å². The third-order valence-electron chi connectivity index (χ3n) is 5.87. The predicted molar refractivity (Wildman–Crippen MR) is 135 cm³/mol. The van der Waals surface area contributed by atoms with Crippen LogP contribution in [0, 0.1) is 13.8 Å². The van der Waals surface area contributed by atoms with E-state index in [4.69, 9.17) is 26.1 Å². The summed E-state index contributed by atoms with van der Waals surface area (Å²) in [4.78, 5) is 17.1. The highest BCUT2D eigenvalue weighted by Gasteiger charge is 2.20. The Balaban J connectivity index is 1.67. The maximum absolute atomic E-state index is 12.4. The standard InChI is InChI=1S/C26H28ClN5O3/c1-15-11-20(17(3)30-26(33)18(4)34-5)21(22(27)12-15)14-35-24-8-6-7-19-23(32-10-9-28-31-32)13-16(2)29-25(19)24/h6-13,17-18H,14H2,1-5H3,(H,30,33)/t17-,18-/m0/s1. The van der Waals surface area contributed by atoms with E-state index in [0.717, 1.165) is 39.0 Å². The second-order valence-electron chi connectivity index (χ2n) is 8.49. The molecule has 0 saturated carbocycles. The second-order valence-corrected chi connectivity index (χ2v) is 8.90. The Bertz CT molecular complexity index is 1360. The van der Waals surface area contributed by atoms with Crippen molar-refractivity contribution in [3.8, 4) is 11.4 Å². The van der Waals surface area contributed by atoms with Crippen LogP contribution in [0.25, 0.3) is 16.6 Å². The molecular formula is C26H28ClN5O3. The molecule has 0 aliphatic heterocycles. The van der Waals surface area contributed by atoms with Crippen LogP contribution >= 0.6 is 11.6 Å². The van der Waals surface area contributed by atoms with Crippen molar-refractivity contribution in [3.63, 3.8) is 0 Å². The summed E-state index contributed by atoms with van der Waals surface area (Å²) in [6.07, 6.45) is 2.87. The molecule has 4 aromatic rings. The van der Waals surface area contributed by atoms with E-state index in [1.54, 1.807) is 24.0 Å². The lowest BCUT2D eigenvalue weighted by molar-refractivity contribution is -0.130. The van der Waals surface area contributed by atoms with Gasteiger partial charge in [-0.3, -0.25) is 4.79 Å². The number of pyridine rings is 1. The predicted octanol–water partition coefficient (Wildman–Crippen LogP) is 4.88. The Kier molecular flexibility index (Phi) is 7.33. The van der Waals surface area contributed by atoms with Gasteiger partial charge < -0.3 is 14.8 Å². The normalized spacial score (nSPS) is 13.0. The minimum atomic E-state index is -0.554. The molecule has 2 aromatic carbocycles. The number of halogens is 1. The Morgan fingerprint density at radius 1 is 1.20 bits per heavy atom. The minimum absolute atomic E-state index is 0.195. The van der Waals surface area contributed by atoms with Crippen LogP contribution < -0.4 is 10.1 Å². The molecule has 0 unspecified atom stereocenters. The molecule has 2 atom stereocenters. The Morgan fingerprint density at radius 3 is 2.71 bits per heavy atom. The van der Waals surface area contributed by atoms with Crippen molar-refractivity contribution in [2.24, 2.45) is 0 Å². The van der Waals surface area contributed by atoms with Gasteiger partial charge in [-0.15, -0.1) is 5.10 Å². The zero-order valence-corrected chi connectivity index (χ0v) is 21.1. The maximum Gasteiger partial charge on any atom is 0.249 e. The summed E-state index contributed by atoms with van der Waals surface area (Å²) in [6, 6.07) is 11.4. The number of hydrogen-bond donors (Lipinski definition) is 1. The lowest BCUT2D eigenvalue weighted by Crippen LogP contribution is -2.36. The smallest absolute Gasteiger partial charge is 0.249 e. The van der Waals surface area contributed by atoms with Gasteiger partial charge in [0.15, 0.2) is 0 Å². The fourth-order valence-electron chi connectivity index (χ4n) is 3.97. The fourth-order valence-corrected chi connectivity index (χ4v) is 4.31. The highest BCUT2D eigenvalue weighted by atomic mass is 35.5. The van der Waals surface area contributed by atoms with E-state index in [2.05, 4.69) is 15.6 Å². The number of aryl methyl sites for hydroxylation is 2. The number of carbonyl (C=O) groups is 1. The summed E-state index contributed by atoms with van der Waals surface area (Å²) in [7, 11) is 1.51. The number of rotatable bonds is 8. The average molecular weight is 494 g/mol. The number of methoxy groups -OCH3 is 1. The molecule has 2 aromatic heterocycles. The van der Waals surface area contributed by atoms with Crippen LogP contribution in [0.4, 0.5) is 0 Å². The SMILES string of the molecule is CO[C@@H](C)C(=O)N[C@@H](C)c1cc(C)cc(Cl)c1COc1cccc2c(-n3ccnn3)cc(C)nc12. The summed E-state index contributed by atoms with van der Waals surface area (Å²) in [6.45, 7) is 7.73. The summed E-state index contributed by atoms with van der Waals surface area (Å²) in [5.74, 6) is 0.429. The number of benzene rings is 2. The molecule has 4 rings (SSSR count). The maximum atomic E-state index is 12.4. The van der Waals surface area contributed by atoms with Gasteiger partial charge in [-0.2, -0.15) is 0 Å². The Labute approximate surface area is 209 Å². The number of nitrogens with zero attached hydrogens (tertiary/aromatic N) is 4. The molecule has 0 aliphatic rings. The van der Waals surface area contributed by atoms with Gasteiger partial charge in [0.2, 0.25) is 5.91 Å². The van der Waals surface area contributed by atoms with Gasteiger partial charge in [0, 0.05) is 28.8 Å². The number of carbonyl (C=O) groups excluding carboxylic acids is 1. The Hall–Kier alpha value is -3.49. The van der Waals surface area contributed by atoms with Crippen LogP contribution in [0.2, 0.25) is 5.02 Å². The third-order valence-corrected chi connectivity index (χ3v) is 6.21. The number of aromatic nitrogens is 4. The quantitative estimate of drug-likeness (QED) is 0.376. The van der Waals surface area contributed by atoms with Crippen molar-refractivity contribution in [2.45, 2.75) is 46.4 Å². The van der Waals surface area contributed by atoms with Crippen LogP contribution in [0.1, 0.15) is 42.3 Å². The van der Waals surface area contributed by atoms with E-state index in [0.29, 0.717) is 10.8 Å². The first kappa shape index (κ1) is 24.6. The number of nitrogens with one attached hydrogen (secondary N) is 1. The number of hydrogen-bond acceptors (Lipinski definition) is 6. The van der Waals surface area contributed by atoms with Crippen molar-refractivity contribution in [1.82, 2.24) is 25.3 Å². The summed E-state index contributed by atoms with van der Waals surface area (Å²) >= 11 is 6.66. The number of amides is 1. The summed E-state index contributed by atoms with van der Waals surface area (Å²) in [5.41, 5.74) is 5.10. The van der Waals surface area contributed by atoms with Crippen molar-refractivity contribution < 1.29 is 14.3 Å². The molecule has 9 heteroatoms. The minimum Gasteiger partial charge on any atom is -0.487 e. The molecule has 0 spiro atoms. The Morgan fingerprint density at radius 2 is 2.00 bits per heavy atom. The van der Waals surface area contributed by atoms with Gasteiger partial charge in [0.25, 0.3) is 0 Å². The van der Waals surface area contributed by atoms with Crippen LogP contribution in [0.3, 0.4) is 0 Å². The average Bonchev–Trinajstić information content (AvgIpc) is 3.37. The molecule has 8 nitrogen and oxygen atoms in total. The number of fused-ring (bicyclic) bond motifs is 1. The first-order valence-electron chi connectivity index (χ1n) is 11.3. The molecule has 0 radical (unpaired) electrons. The van der Waals surface area contributed by atoms with Crippen molar-refractivity contribution in [2.75, 3.05) is 7.11 Å². The highest BCUT2D eigenvalue weighted by molar-refractivity contribution is 6.31. The van der Waals surface area contributed by atoms with E-state index in [1.165, 1.54) is 7.11 Å². The first-order chi connectivity index (χ1) is 16.8. The van der Waals surface area contributed by atoms with Crippen molar-refractivity contribution in [3.05, 3.63) is 76.2 Å². The molecule has 0 fully saturated rings. The number of ether oxygens (including phenoxy) is 2. The van der Waals surface area contributed by atoms with Crippen LogP contribution in [0.5, 0.6) is 5.75 Å². The molecule has 0 bridgehead atoms. The largest absolute Gasteiger partial charge is 0.487 e. The summed E-state index contributed by atoms with van der Waals surface area (Å²) < 4.78 is 13.1. The first-order valence-corrected chi connectivity index (χ1v) is 11.7. The van der Waals surface area contributed by atoms with Crippen molar-refractivity contribution in [1.29, 1.82) is 0 Å². The van der Waals surface area contributed by atoms with Gasteiger partial charge >= 0.3 is 0 Å². The van der Waals surface area contributed by atoms with Crippen LogP contribution in [0.15, 0.2) is 48.8 Å². The molecule has 1 N–H and O–H groups in total. The van der Waals surface area contributed by atoms with Crippen LogP contribution in [-0.4, -0.2) is 39.1 Å². The van der Waals surface area contributed by atoms with E-state index >= 15 is 0 Å². The van der Waals surface area contributed by atoms with E-state index in [9.17, 15) is 4.79 Å². The lowest BCUT2D eigenvalue weighted by atomic mass is 9.99. The second kappa shape index (κ2) is 10.4. The molecule has 182 valence electrons. The van der Waals surface area contributed by atoms with Gasteiger partial charge in [-0.25, -0.2) is 9.67 Å². The zero-order valence-electron chi connectivity index (χ0n) is 20.4. The fraction of sp³-hybridized carbons (Fsp3) is 0.308. The third kappa shape index (κ3) is 5.28. The van der Waals surface area contributed by atoms with Crippen molar-refractivity contribution >= 4 is 28.4 Å². The van der Waals surface area contributed by atoms with Gasteiger partial charge in [0.05, 0.1) is 24.1 Å². The van der Waals surface area contributed by atoms with Gasteiger partial charge in [0.1, 0.15) is 24.0 Å². The molecule has 2 heterocycles. The molecule has 35 heavy (non-hydrogen) atoms.